The van der Waals surface area contributed by atoms with Crippen LogP contribution in [0.15, 0.2) is 29.2 Å². The third-order valence-corrected chi connectivity index (χ3v) is 5.22. The largest absolute Gasteiger partial charge is 0.336 e. The van der Waals surface area contributed by atoms with Gasteiger partial charge in [0, 0.05) is 24.4 Å². The Hall–Kier alpha value is -1.36. The van der Waals surface area contributed by atoms with Crippen LogP contribution in [-0.2, 0) is 9.84 Å². The summed E-state index contributed by atoms with van der Waals surface area (Å²) in [5.41, 5.74) is 0.551. The van der Waals surface area contributed by atoms with Crippen LogP contribution in [0, 0.1) is 5.92 Å². The number of carbonyl (C=O) groups excluding carboxylic acids is 1. The van der Waals surface area contributed by atoms with E-state index >= 15 is 0 Å². The second-order valence-electron chi connectivity index (χ2n) is 6.14. The van der Waals surface area contributed by atoms with Crippen molar-refractivity contribution in [3.05, 3.63) is 29.8 Å². The molecule has 0 N–H and O–H groups in total. The van der Waals surface area contributed by atoms with Crippen molar-refractivity contribution < 1.29 is 13.2 Å². The molecule has 0 atom stereocenters. The molecule has 116 valence electrons. The van der Waals surface area contributed by atoms with Gasteiger partial charge in [-0.2, -0.15) is 0 Å². The van der Waals surface area contributed by atoms with Gasteiger partial charge in [-0.3, -0.25) is 4.79 Å². The quantitative estimate of drug-likeness (QED) is 0.840. The molecule has 0 aromatic heterocycles. The first-order valence-corrected chi connectivity index (χ1v) is 9.29. The van der Waals surface area contributed by atoms with E-state index in [0.717, 1.165) is 6.54 Å². The average Bonchev–Trinajstić information content (AvgIpc) is 2.35. The molecule has 0 bridgehead atoms. The normalized spacial score (nSPS) is 15.8. The number of hydrogen-bond acceptors (Lipinski definition) is 3. The van der Waals surface area contributed by atoms with E-state index in [2.05, 4.69) is 0 Å². The zero-order valence-corrected chi connectivity index (χ0v) is 13.7. The third-order valence-electron chi connectivity index (χ3n) is 4.09. The van der Waals surface area contributed by atoms with Crippen LogP contribution in [0.4, 0.5) is 0 Å². The molecule has 1 fully saturated rings. The Bertz CT molecular complexity index is 601. The molecule has 21 heavy (non-hydrogen) atoms. The molecular formula is C16H23NO3S. The molecule has 0 aliphatic heterocycles. The van der Waals surface area contributed by atoms with Gasteiger partial charge < -0.3 is 4.90 Å². The molecule has 1 aliphatic rings. The maximum atomic E-state index is 12.6. The summed E-state index contributed by atoms with van der Waals surface area (Å²) < 4.78 is 22.9. The topological polar surface area (TPSA) is 54.5 Å². The summed E-state index contributed by atoms with van der Waals surface area (Å²) in [4.78, 5) is 14.7. The Morgan fingerprint density at radius 2 is 1.81 bits per heavy atom. The van der Waals surface area contributed by atoms with Gasteiger partial charge in [-0.05, 0) is 56.9 Å². The Kier molecular flexibility index (Phi) is 4.71. The van der Waals surface area contributed by atoms with Crippen LogP contribution in [0.25, 0.3) is 0 Å². The summed E-state index contributed by atoms with van der Waals surface area (Å²) >= 11 is 0. The standard InChI is InChI=1S/C16H23NO3S/c1-12(2)17(11-13-5-4-6-13)16(18)14-7-9-15(10-8-14)21(3,19)20/h7-10,12-13H,4-6,11H2,1-3H3. The van der Waals surface area contributed by atoms with E-state index in [9.17, 15) is 13.2 Å². The highest BCUT2D eigenvalue weighted by Crippen LogP contribution is 2.28. The first-order chi connectivity index (χ1) is 9.79. The summed E-state index contributed by atoms with van der Waals surface area (Å²) in [6, 6.07) is 6.37. The number of benzene rings is 1. The van der Waals surface area contributed by atoms with Crippen molar-refractivity contribution >= 4 is 15.7 Å². The maximum Gasteiger partial charge on any atom is 0.254 e. The van der Waals surface area contributed by atoms with Gasteiger partial charge in [0.25, 0.3) is 5.91 Å². The van der Waals surface area contributed by atoms with Crippen LogP contribution in [0.5, 0.6) is 0 Å². The molecule has 1 saturated carbocycles. The van der Waals surface area contributed by atoms with Crippen LogP contribution in [-0.4, -0.2) is 38.1 Å². The van der Waals surface area contributed by atoms with Crippen LogP contribution in [0.3, 0.4) is 0 Å². The second kappa shape index (κ2) is 6.18. The summed E-state index contributed by atoms with van der Waals surface area (Å²) in [5, 5.41) is 0. The highest BCUT2D eigenvalue weighted by molar-refractivity contribution is 7.90. The van der Waals surface area contributed by atoms with Crippen molar-refractivity contribution in [2.75, 3.05) is 12.8 Å². The number of rotatable bonds is 5. The molecule has 5 heteroatoms. The summed E-state index contributed by atoms with van der Waals surface area (Å²) in [7, 11) is -3.22. The van der Waals surface area contributed by atoms with Gasteiger partial charge in [-0.15, -0.1) is 0 Å². The Balaban J connectivity index is 2.16. The van der Waals surface area contributed by atoms with E-state index in [0.29, 0.717) is 11.5 Å². The molecule has 0 heterocycles. The van der Waals surface area contributed by atoms with Crippen molar-refractivity contribution in [1.29, 1.82) is 0 Å². The number of amides is 1. The van der Waals surface area contributed by atoms with Gasteiger partial charge in [0.2, 0.25) is 0 Å². The molecule has 1 aliphatic carbocycles. The molecule has 0 unspecified atom stereocenters. The lowest BCUT2D eigenvalue weighted by molar-refractivity contribution is 0.0632. The fourth-order valence-electron chi connectivity index (χ4n) is 2.49. The van der Waals surface area contributed by atoms with E-state index in [1.165, 1.54) is 37.7 Å². The molecule has 0 radical (unpaired) electrons. The molecular weight excluding hydrogens is 286 g/mol. The zero-order chi connectivity index (χ0) is 15.6. The number of nitrogens with zero attached hydrogens (tertiary/aromatic N) is 1. The van der Waals surface area contributed by atoms with Crippen LogP contribution < -0.4 is 0 Å². The Morgan fingerprint density at radius 3 is 2.19 bits per heavy atom. The van der Waals surface area contributed by atoms with Crippen LogP contribution >= 0.6 is 0 Å². The van der Waals surface area contributed by atoms with E-state index in [1.807, 2.05) is 18.7 Å². The highest BCUT2D eigenvalue weighted by atomic mass is 32.2. The first kappa shape index (κ1) is 16.0. The summed E-state index contributed by atoms with van der Waals surface area (Å²) in [5.74, 6) is 0.601. The third kappa shape index (κ3) is 3.84. The van der Waals surface area contributed by atoms with Crippen LogP contribution in [0.2, 0.25) is 0 Å². The average molecular weight is 309 g/mol. The number of sulfone groups is 1. The minimum atomic E-state index is -3.22. The monoisotopic (exact) mass is 309 g/mol. The highest BCUT2D eigenvalue weighted by Gasteiger charge is 2.26. The minimum absolute atomic E-state index is 0.0167. The molecule has 2 rings (SSSR count). The van der Waals surface area contributed by atoms with Crippen molar-refractivity contribution in [2.45, 2.75) is 44.0 Å². The van der Waals surface area contributed by atoms with Gasteiger partial charge in [0.05, 0.1) is 4.90 Å². The molecule has 1 aromatic carbocycles. The lowest BCUT2D eigenvalue weighted by Crippen LogP contribution is -2.41. The summed E-state index contributed by atoms with van der Waals surface area (Å²) in [6.07, 6.45) is 4.82. The van der Waals surface area contributed by atoms with Gasteiger partial charge in [-0.1, -0.05) is 6.42 Å². The lowest BCUT2D eigenvalue weighted by Gasteiger charge is -2.35. The van der Waals surface area contributed by atoms with E-state index < -0.39 is 9.84 Å². The number of carbonyl (C=O) groups is 1. The smallest absolute Gasteiger partial charge is 0.254 e. The molecule has 4 nitrogen and oxygen atoms in total. The molecule has 1 aromatic rings. The van der Waals surface area contributed by atoms with Crippen molar-refractivity contribution in [2.24, 2.45) is 5.92 Å². The van der Waals surface area contributed by atoms with Gasteiger partial charge in [0.15, 0.2) is 9.84 Å². The van der Waals surface area contributed by atoms with E-state index in [4.69, 9.17) is 0 Å². The van der Waals surface area contributed by atoms with E-state index in [1.54, 1.807) is 12.1 Å². The second-order valence-corrected chi connectivity index (χ2v) is 8.16. The number of hydrogen-bond donors (Lipinski definition) is 0. The van der Waals surface area contributed by atoms with Crippen LogP contribution in [0.1, 0.15) is 43.5 Å². The van der Waals surface area contributed by atoms with Crippen molar-refractivity contribution in [3.63, 3.8) is 0 Å². The molecule has 0 spiro atoms. The fraction of sp³-hybridized carbons (Fsp3) is 0.562. The molecule has 0 saturated heterocycles. The zero-order valence-electron chi connectivity index (χ0n) is 12.9. The van der Waals surface area contributed by atoms with Gasteiger partial charge in [-0.25, -0.2) is 8.42 Å². The van der Waals surface area contributed by atoms with Crippen molar-refractivity contribution in [3.8, 4) is 0 Å². The SMILES string of the molecule is CC(C)N(CC1CCC1)C(=O)c1ccc(S(C)(=O)=O)cc1. The maximum absolute atomic E-state index is 12.6. The van der Waals surface area contributed by atoms with Gasteiger partial charge >= 0.3 is 0 Å². The minimum Gasteiger partial charge on any atom is -0.336 e. The Morgan fingerprint density at radius 1 is 1.24 bits per heavy atom. The van der Waals surface area contributed by atoms with E-state index in [-0.39, 0.29) is 16.8 Å². The summed E-state index contributed by atoms with van der Waals surface area (Å²) in [6.45, 7) is 4.83. The Labute approximate surface area is 127 Å². The molecule has 1 amide bonds. The van der Waals surface area contributed by atoms with Gasteiger partial charge in [0.1, 0.15) is 0 Å². The predicted octanol–water partition coefficient (Wildman–Crippen LogP) is 2.74. The predicted molar refractivity (Wildman–Crippen MR) is 83.1 cm³/mol. The first-order valence-electron chi connectivity index (χ1n) is 7.40. The van der Waals surface area contributed by atoms with Crippen molar-refractivity contribution in [1.82, 2.24) is 4.90 Å². The fourth-order valence-corrected chi connectivity index (χ4v) is 3.12. The lowest BCUT2D eigenvalue weighted by atomic mass is 9.85.